The molecule has 1 nitrogen and oxygen atoms in total. The smallest absolute Gasteiger partial charge is 0.0973 e. The highest BCUT2D eigenvalue weighted by molar-refractivity contribution is 4.73. The lowest BCUT2D eigenvalue weighted by molar-refractivity contribution is -0.916. The average molecular weight is 180 g/mol. The molecule has 0 atom stereocenters. The van der Waals surface area contributed by atoms with Gasteiger partial charge >= 0.3 is 0 Å². The van der Waals surface area contributed by atoms with Gasteiger partial charge in [0, 0.05) is 0 Å². The summed E-state index contributed by atoms with van der Waals surface area (Å²) in [4.78, 5) is 0. The first kappa shape index (κ1) is 10.5. The van der Waals surface area contributed by atoms with Gasteiger partial charge in [0.25, 0.3) is 0 Å². The molecule has 74 valence electrons. The van der Waals surface area contributed by atoms with Gasteiger partial charge in [-0.1, -0.05) is 13.2 Å². The van der Waals surface area contributed by atoms with Crippen molar-refractivity contribution in [1.29, 1.82) is 0 Å². The second-order valence-corrected chi connectivity index (χ2v) is 4.15. The Morgan fingerprint density at radius 2 is 1.31 bits per heavy atom. The van der Waals surface area contributed by atoms with Crippen LogP contribution in [0.3, 0.4) is 0 Å². The summed E-state index contributed by atoms with van der Waals surface area (Å²) in [5.41, 5.74) is 0. The Bertz CT molecular complexity index is 152. The molecule has 1 saturated heterocycles. The quantitative estimate of drug-likeness (QED) is 0.461. The van der Waals surface area contributed by atoms with Gasteiger partial charge in [-0.25, -0.2) is 0 Å². The standard InChI is InChI=1S/C12H22N/c1-3-9-13(10-4-2)11-7-5-6-8-12-13/h3-4H,1-2,5-12H2/q+1. The van der Waals surface area contributed by atoms with Crippen LogP contribution in [0.15, 0.2) is 25.3 Å². The lowest BCUT2D eigenvalue weighted by Gasteiger charge is -2.35. The Kier molecular flexibility index (Phi) is 4.23. The van der Waals surface area contributed by atoms with Gasteiger partial charge in [0.1, 0.15) is 0 Å². The highest BCUT2D eigenvalue weighted by Crippen LogP contribution is 2.18. The minimum atomic E-state index is 1.12. The molecular formula is C12H22N+. The van der Waals surface area contributed by atoms with Crippen molar-refractivity contribution < 1.29 is 4.48 Å². The van der Waals surface area contributed by atoms with Crippen molar-refractivity contribution in [2.75, 3.05) is 26.2 Å². The minimum absolute atomic E-state index is 1.12. The molecule has 0 bridgehead atoms. The van der Waals surface area contributed by atoms with Crippen LogP contribution in [0, 0.1) is 0 Å². The molecule has 0 spiro atoms. The lowest BCUT2D eigenvalue weighted by Crippen LogP contribution is -2.48. The molecule has 1 aliphatic rings. The number of hydrogen-bond acceptors (Lipinski definition) is 0. The van der Waals surface area contributed by atoms with Crippen molar-refractivity contribution in [3.63, 3.8) is 0 Å². The predicted molar refractivity (Wildman–Crippen MR) is 58.6 cm³/mol. The molecule has 1 heteroatoms. The molecule has 1 rings (SSSR count). The summed E-state index contributed by atoms with van der Waals surface area (Å²) in [6.07, 6.45) is 9.70. The van der Waals surface area contributed by atoms with Gasteiger partial charge in [-0.15, -0.1) is 0 Å². The summed E-state index contributed by atoms with van der Waals surface area (Å²) < 4.78 is 1.20. The minimum Gasteiger partial charge on any atom is -0.317 e. The maximum Gasteiger partial charge on any atom is 0.0973 e. The van der Waals surface area contributed by atoms with Gasteiger partial charge in [-0.05, 0) is 37.8 Å². The molecular weight excluding hydrogens is 158 g/mol. The third-order valence-electron chi connectivity index (χ3n) is 3.05. The van der Waals surface area contributed by atoms with E-state index in [4.69, 9.17) is 0 Å². The summed E-state index contributed by atoms with van der Waals surface area (Å²) in [5.74, 6) is 0. The summed E-state index contributed by atoms with van der Waals surface area (Å²) >= 11 is 0. The Labute approximate surface area is 82.3 Å². The van der Waals surface area contributed by atoms with Gasteiger partial charge in [0.2, 0.25) is 0 Å². The SMILES string of the molecule is C=CC[N+]1(CC=C)CCCCCC1. The normalized spacial score (nSPS) is 21.8. The van der Waals surface area contributed by atoms with E-state index in [2.05, 4.69) is 25.3 Å². The highest BCUT2D eigenvalue weighted by atomic mass is 15.3. The van der Waals surface area contributed by atoms with Gasteiger partial charge in [-0.2, -0.15) is 0 Å². The predicted octanol–water partition coefficient (Wildman–Crippen LogP) is 2.75. The third kappa shape index (κ3) is 3.00. The number of rotatable bonds is 4. The zero-order valence-corrected chi connectivity index (χ0v) is 8.67. The van der Waals surface area contributed by atoms with Crippen LogP contribution in [0.5, 0.6) is 0 Å². The van der Waals surface area contributed by atoms with Crippen LogP contribution in [0.1, 0.15) is 25.7 Å². The van der Waals surface area contributed by atoms with Crippen LogP contribution in [-0.2, 0) is 0 Å². The molecule has 1 aliphatic heterocycles. The van der Waals surface area contributed by atoms with Crippen LogP contribution >= 0.6 is 0 Å². The lowest BCUT2D eigenvalue weighted by atomic mass is 10.2. The maximum absolute atomic E-state index is 3.86. The van der Waals surface area contributed by atoms with Crippen LogP contribution in [0.25, 0.3) is 0 Å². The summed E-state index contributed by atoms with van der Waals surface area (Å²) in [6, 6.07) is 0. The second kappa shape index (κ2) is 5.23. The Balaban J connectivity index is 2.60. The zero-order chi connectivity index (χ0) is 9.57. The first-order valence-corrected chi connectivity index (χ1v) is 5.40. The Hall–Kier alpha value is -0.560. The molecule has 0 aromatic carbocycles. The first-order chi connectivity index (χ1) is 6.33. The second-order valence-electron chi connectivity index (χ2n) is 4.15. The fraction of sp³-hybridized carbons (Fsp3) is 0.667. The van der Waals surface area contributed by atoms with Crippen molar-refractivity contribution >= 4 is 0 Å². The van der Waals surface area contributed by atoms with Gasteiger partial charge in [-0.3, -0.25) is 0 Å². The van der Waals surface area contributed by atoms with Gasteiger partial charge < -0.3 is 4.48 Å². The van der Waals surface area contributed by atoms with E-state index in [1.807, 2.05) is 0 Å². The van der Waals surface area contributed by atoms with Crippen molar-refractivity contribution in [2.24, 2.45) is 0 Å². The number of hydrogen-bond donors (Lipinski definition) is 0. The van der Waals surface area contributed by atoms with E-state index in [1.165, 1.54) is 43.3 Å². The molecule has 0 aromatic rings. The largest absolute Gasteiger partial charge is 0.317 e. The summed E-state index contributed by atoms with van der Waals surface area (Å²) in [6.45, 7) is 12.6. The van der Waals surface area contributed by atoms with E-state index in [0.717, 1.165) is 13.1 Å². The molecule has 0 N–H and O–H groups in total. The van der Waals surface area contributed by atoms with Crippen LogP contribution in [0.2, 0.25) is 0 Å². The first-order valence-electron chi connectivity index (χ1n) is 5.40. The van der Waals surface area contributed by atoms with Crippen molar-refractivity contribution in [2.45, 2.75) is 25.7 Å². The van der Waals surface area contributed by atoms with E-state index >= 15 is 0 Å². The third-order valence-corrected chi connectivity index (χ3v) is 3.05. The molecule has 1 heterocycles. The molecule has 1 fully saturated rings. The van der Waals surface area contributed by atoms with E-state index < -0.39 is 0 Å². The number of nitrogens with zero attached hydrogens (tertiary/aromatic N) is 1. The Morgan fingerprint density at radius 1 is 0.846 bits per heavy atom. The highest BCUT2D eigenvalue weighted by Gasteiger charge is 2.25. The number of quaternary nitrogens is 1. The molecule has 0 saturated carbocycles. The van der Waals surface area contributed by atoms with Crippen LogP contribution in [-0.4, -0.2) is 30.7 Å². The molecule has 0 radical (unpaired) electrons. The molecule has 0 aliphatic carbocycles. The molecule has 0 unspecified atom stereocenters. The fourth-order valence-electron chi connectivity index (χ4n) is 2.35. The monoisotopic (exact) mass is 180 g/mol. The fourth-order valence-corrected chi connectivity index (χ4v) is 2.35. The van der Waals surface area contributed by atoms with Crippen molar-refractivity contribution in [3.05, 3.63) is 25.3 Å². The van der Waals surface area contributed by atoms with E-state index in [-0.39, 0.29) is 0 Å². The van der Waals surface area contributed by atoms with E-state index in [0.29, 0.717) is 0 Å². The topological polar surface area (TPSA) is 0 Å². The molecule has 0 amide bonds. The zero-order valence-electron chi connectivity index (χ0n) is 8.67. The summed E-state index contributed by atoms with van der Waals surface area (Å²) in [5, 5.41) is 0. The van der Waals surface area contributed by atoms with Gasteiger partial charge in [0.15, 0.2) is 0 Å². The van der Waals surface area contributed by atoms with E-state index in [1.54, 1.807) is 0 Å². The van der Waals surface area contributed by atoms with Crippen LogP contribution < -0.4 is 0 Å². The molecule has 0 aromatic heterocycles. The van der Waals surface area contributed by atoms with Crippen molar-refractivity contribution in [3.8, 4) is 0 Å². The number of likely N-dealkylation sites (tertiary alicyclic amines) is 1. The average Bonchev–Trinajstić information content (AvgIpc) is 2.32. The summed E-state index contributed by atoms with van der Waals surface area (Å²) in [7, 11) is 0. The van der Waals surface area contributed by atoms with Crippen LogP contribution in [0.4, 0.5) is 0 Å². The van der Waals surface area contributed by atoms with Gasteiger partial charge in [0.05, 0.1) is 26.2 Å². The van der Waals surface area contributed by atoms with Crippen molar-refractivity contribution in [1.82, 2.24) is 0 Å². The molecule has 13 heavy (non-hydrogen) atoms. The Morgan fingerprint density at radius 3 is 1.69 bits per heavy atom. The maximum atomic E-state index is 3.86. The van der Waals surface area contributed by atoms with E-state index in [9.17, 15) is 0 Å².